The summed E-state index contributed by atoms with van der Waals surface area (Å²) in [4.78, 5) is 32.2. The van der Waals surface area contributed by atoms with Crippen LogP contribution in [0.15, 0.2) is 70.1 Å². The molecule has 2 heterocycles. The molecule has 0 bridgehead atoms. The summed E-state index contributed by atoms with van der Waals surface area (Å²) in [5.41, 5.74) is 1.67. The first-order valence-corrected chi connectivity index (χ1v) is 14.1. The van der Waals surface area contributed by atoms with Gasteiger partial charge in [-0.2, -0.15) is 0 Å². The Morgan fingerprint density at radius 2 is 1.90 bits per heavy atom. The molecular formula is C31H34N2O7S. The topological polar surface area (TPSA) is 109 Å². The number of hydrogen-bond donors (Lipinski definition) is 1. The molecule has 1 N–H and O–H groups in total. The van der Waals surface area contributed by atoms with Gasteiger partial charge >= 0.3 is 5.97 Å². The number of nitrogens with zero attached hydrogens (tertiary/aromatic N) is 2. The lowest BCUT2D eigenvalue weighted by atomic mass is 9.95. The van der Waals surface area contributed by atoms with Gasteiger partial charge in [-0.15, -0.1) is 0 Å². The molecule has 0 saturated heterocycles. The van der Waals surface area contributed by atoms with Gasteiger partial charge in [0.25, 0.3) is 5.56 Å². The SMILES string of the molecule is C=CCOC(=O)C1=C(C)N=c2sc(=Cc3ccc(O)c(OC)c3)c(=O)n2C1c1ccc(OCCCCC)c(OC)c1. The summed E-state index contributed by atoms with van der Waals surface area (Å²) in [6, 6.07) is 9.40. The molecule has 9 nitrogen and oxygen atoms in total. The highest BCUT2D eigenvalue weighted by Crippen LogP contribution is 2.36. The number of fused-ring (bicyclic) bond motifs is 1. The Kier molecular flexibility index (Phi) is 9.67. The second-order valence-corrected chi connectivity index (χ2v) is 10.4. The Balaban J connectivity index is 1.86. The van der Waals surface area contributed by atoms with Gasteiger partial charge in [0.05, 0.1) is 42.7 Å². The van der Waals surface area contributed by atoms with Crippen LogP contribution in [0.25, 0.3) is 6.08 Å². The third-order valence-electron chi connectivity index (χ3n) is 6.58. The minimum atomic E-state index is -0.817. The summed E-state index contributed by atoms with van der Waals surface area (Å²) in [5, 5.41) is 9.96. The van der Waals surface area contributed by atoms with E-state index in [4.69, 9.17) is 18.9 Å². The fraction of sp³-hybridized carbons (Fsp3) is 0.323. The molecule has 0 radical (unpaired) electrons. The van der Waals surface area contributed by atoms with Crippen LogP contribution in [0.2, 0.25) is 0 Å². The van der Waals surface area contributed by atoms with Gasteiger partial charge in [-0.05, 0) is 54.8 Å². The molecular weight excluding hydrogens is 544 g/mol. The van der Waals surface area contributed by atoms with Gasteiger partial charge in [-0.3, -0.25) is 9.36 Å². The average Bonchev–Trinajstić information content (AvgIpc) is 3.28. The van der Waals surface area contributed by atoms with Crippen molar-refractivity contribution in [3.63, 3.8) is 0 Å². The van der Waals surface area contributed by atoms with E-state index in [1.54, 1.807) is 44.4 Å². The number of carbonyl (C=O) groups is 1. The molecule has 4 rings (SSSR count). The summed E-state index contributed by atoms with van der Waals surface area (Å²) in [6.07, 6.45) is 6.25. The van der Waals surface area contributed by atoms with Crippen molar-refractivity contribution in [1.29, 1.82) is 0 Å². The lowest BCUT2D eigenvalue weighted by Gasteiger charge is -2.25. The zero-order valence-electron chi connectivity index (χ0n) is 23.6. The second-order valence-electron chi connectivity index (χ2n) is 9.37. The number of rotatable bonds is 12. The van der Waals surface area contributed by atoms with E-state index in [2.05, 4.69) is 18.5 Å². The fourth-order valence-corrected chi connectivity index (χ4v) is 5.60. The summed E-state index contributed by atoms with van der Waals surface area (Å²) >= 11 is 1.20. The van der Waals surface area contributed by atoms with E-state index in [9.17, 15) is 14.7 Å². The quantitative estimate of drug-likeness (QED) is 0.194. The number of thiazole rings is 1. The van der Waals surface area contributed by atoms with Gasteiger partial charge in [-0.25, -0.2) is 9.79 Å². The van der Waals surface area contributed by atoms with E-state index in [0.29, 0.717) is 44.3 Å². The van der Waals surface area contributed by atoms with E-state index >= 15 is 0 Å². The number of aromatic hydroxyl groups is 1. The molecule has 10 heteroatoms. The Morgan fingerprint density at radius 3 is 2.61 bits per heavy atom. The van der Waals surface area contributed by atoms with Crippen molar-refractivity contribution in [3.8, 4) is 23.0 Å². The summed E-state index contributed by atoms with van der Waals surface area (Å²) in [5.74, 6) is 0.767. The van der Waals surface area contributed by atoms with Crippen molar-refractivity contribution in [3.05, 3.63) is 91.1 Å². The number of unbranched alkanes of at least 4 members (excludes halogenated alkanes) is 2. The highest BCUT2D eigenvalue weighted by Gasteiger charge is 2.34. The number of ether oxygens (including phenoxy) is 4. The molecule has 0 saturated carbocycles. The van der Waals surface area contributed by atoms with Crippen LogP contribution in [-0.2, 0) is 9.53 Å². The van der Waals surface area contributed by atoms with Gasteiger partial charge in [-0.1, -0.05) is 55.9 Å². The number of hydrogen-bond acceptors (Lipinski definition) is 9. The van der Waals surface area contributed by atoms with Crippen molar-refractivity contribution in [2.24, 2.45) is 4.99 Å². The number of carbonyl (C=O) groups excluding carboxylic acids is 1. The molecule has 2 aromatic carbocycles. The Labute approximate surface area is 242 Å². The van der Waals surface area contributed by atoms with Gasteiger partial charge in [0, 0.05) is 0 Å². The van der Waals surface area contributed by atoms with Gasteiger partial charge in [0.2, 0.25) is 0 Å². The maximum atomic E-state index is 13.9. The maximum absolute atomic E-state index is 13.9. The highest BCUT2D eigenvalue weighted by atomic mass is 32.1. The summed E-state index contributed by atoms with van der Waals surface area (Å²) in [7, 11) is 3.01. The molecule has 1 aliphatic heterocycles. The zero-order chi connectivity index (χ0) is 29.5. The van der Waals surface area contributed by atoms with E-state index in [-0.39, 0.29) is 29.2 Å². The number of phenols is 1. The molecule has 1 unspecified atom stereocenters. The van der Waals surface area contributed by atoms with E-state index in [1.807, 2.05) is 6.07 Å². The van der Waals surface area contributed by atoms with Crippen molar-refractivity contribution in [2.75, 3.05) is 27.4 Å². The fourth-order valence-electron chi connectivity index (χ4n) is 4.55. The number of aromatic nitrogens is 1. The van der Waals surface area contributed by atoms with Crippen LogP contribution in [0, 0.1) is 0 Å². The molecule has 3 aromatic rings. The van der Waals surface area contributed by atoms with E-state index in [1.165, 1.54) is 35.2 Å². The molecule has 0 amide bonds. The third kappa shape index (κ3) is 6.38. The third-order valence-corrected chi connectivity index (χ3v) is 7.57. The maximum Gasteiger partial charge on any atom is 0.338 e. The first kappa shape index (κ1) is 29.7. The largest absolute Gasteiger partial charge is 0.504 e. The number of esters is 1. The Hall–Kier alpha value is -4.31. The normalized spacial score (nSPS) is 14.7. The van der Waals surface area contributed by atoms with Crippen molar-refractivity contribution >= 4 is 23.4 Å². The monoisotopic (exact) mass is 578 g/mol. The minimum Gasteiger partial charge on any atom is -0.504 e. The first-order valence-electron chi connectivity index (χ1n) is 13.3. The number of allylic oxidation sites excluding steroid dienone is 1. The van der Waals surface area contributed by atoms with Crippen LogP contribution in [0.3, 0.4) is 0 Å². The van der Waals surface area contributed by atoms with Crippen LogP contribution in [0.5, 0.6) is 23.0 Å². The predicted molar refractivity (Wildman–Crippen MR) is 158 cm³/mol. The average molecular weight is 579 g/mol. The lowest BCUT2D eigenvalue weighted by Crippen LogP contribution is -2.40. The molecule has 0 spiro atoms. The standard InChI is InChI=1S/C31H34N2O7S/c1-6-8-9-15-39-23-13-11-21(18-25(23)38-5)28-27(30(36)40-14-7-2)19(3)32-31-33(28)29(35)26(41-31)17-20-10-12-22(34)24(16-20)37-4/h7,10-13,16-18,28,34H,2,6,8-9,14-15H2,1,3-5H3. The predicted octanol–water partition coefficient (Wildman–Crippen LogP) is 4.26. The van der Waals surface area contributed by atoms with Gasteiger partial charge in [0.15, 0.2) is 27.8 Å². The Morgan fingerprint density at radius 1 is 1.12 bits per heavy atom. The van der Waals surface area contributed by atoms with Crippen LogP contribution >= 0.6 is 11.3 Å². The first-order chi connectivity index (χ1) is 19.8. The van der Waals surface area contributed by atoms with E-state index < -0.39 is 12.0 Å². The number of methoxy groups -OCH3 is 2. The molecule has 216 valence electrons. The molecule has 0 aliphatic carbocycles. The summed E-state index contributed by atoms with van der Waals surface area (Å²) < 4.78 is 24.1. The zero-order valence-corrected chi connectivity index (χ0v) is 24.5. The molecule has 1 atom stereocenters. The van der Waals surface area contributed by atoms with Crippen LogP contribution in [-0.4, -0.2) is 43.1 Å². The second kappa shape index (κ2) is 13.4. The van der Waals surface area contributed by atoms with Crippen LogP contribution in [0.1, 0.15) is 50.3 Å². The Bertz CT molecular complexity index is 1650. The number of phenolic OH excluding ortho intramolecular Hbond substituents is 1. The van der Waals surface area contributed by atoms with Crippen molar-refractivity contribution < 1.29 is 28.8 Å². The van der Waals surface area contributed by atoms with Crippen LogP contribution in [0.4, 0.5) is 0 Å². The van der Waals surface area contributed by atoms with Crippen molar-refractivity contribution in [1.82, 2.24) is 4.57 Å². The molecule has 0 fully saturated rings. The molecule has 1 aliphatic rings. The van der Waals surface area contributed by atoms with Crippen LogP contribution < -0.4 is 29.1 Å². The number of benzene rings is 2. The lowest BCUT2D eigenvalue weighted by molar-refractivity contribution is -0.138. The van der Waals surface area contributed by atoms with Crippen molar-refractivity contribution in [2.45, 2.75) is 39.2 Å². The molecule has 41 heavy (non-hydrogen) atoms. The highest BCUT2D eigenvalue weighted by molar-refractivity contribution is 7.07. The summed E-state index contributed by atoms with van der Waals surface area (Å²) in [6.45, 7) is 8.05. The smallest absolute Gasteiger partial charge is 0.338 e. The van der Waals surface area contributed by atoms with E-state index in [0.717, 1.165) is 19.3 Å². The molecule has 1 aromatic heterocycles. The van der Waals surface area contributed by atoms with Gasteiger partial charge in [0.1, 0.15) is 6.61 Å². The minimum absolute atomic E-state index is 0.00356. The van der Waals surface area contributed by atoms with Gasteiger partial charge < -0.3 is 24.1 Å².